The van der Waals surface area contributed by atoms with Crippen molar-refractivity contribution in [1.29, 1.82) is 0 Å². The molecule has 0 aliphatic rings. The van der Waals surface area contributed by atoms with Crippen molar-refractivity contribution < 1.29 is 4.79 Å². The van der Waals surface area contributed by atoms with Gasteiger partial charge >= 0.3 is 0 Å². The smallest absolute Gasteiger partial charge is 0.224 e. The van der Waals surface area contributed by atoms with E-state index in [-0.39, 0.29) is 5.91 Å². The molecule has 3 heteroatoms. The molecule has 122 valence electrons. The summed E-state index contributed by atoms with van der Waals surface area (Å²) in [4.78, 5) is 11.6. The molecule has 2 aromatic carbocycles. The lowest BCUT2D eigenvalue weighted by molar-refractivity contribution is -0.116. The highest BCUT2D eigenvalue weighted by Crippen LogP contribution is 2.12. The number of benzene rings is 2. The lowest BCUT2D eigenvalue weighted by Gasteiger charge is -2.10. The minimum atomic E-state index is 0.0771. The van der Waals surface area contributed by atoms with E-state index in [0.717, 1.165) is 25.2 Å². The van der Waals surface area contributed by atoms with Crippen molar-refractivity contribution in [3.8, 4) is 0 Å². The normalized spacial score (nSPS) is 10.6. The van der Waals surface area contributed by atoms with Gasteiger partial charge in [-0.3, -0.25) is 4.79 Å². The van der Waals surface area contributed by atoms with Gasteiger partial charge in [0.15, 0.2) is 0 Å². The Hall–Kier alpha value is -2.13. The summed E-state index contributed by atoms with van der Waals surface area (Å²) < 4.78 is 0. The number of carbonyl (C=O) groups excluding carboxylic acids is 1. The molecule has 0 aliphatic carbocycles. The number of rotatable bonds is 7. The lowest BCUT2D eigenvalue weighted by Crippen LogP contribution is -2.14. The van der Waals surface area contributed by atoms with Crippen LogP contribution in [0.25, 0.3) is 0 Å². The van der Waals surface area contributed by atoms with Crippen molar-refractivity contribution in [2.24, 2.45) is 0 Å². The predicted molar refractivity (Wildman–Crippen MR) is 96.4 cm³/mol. The molecule has 2 aromatic rings. The number of amides is 1. The van der Waals surface area contributed by atoms with Gasteiger partial charge in [0.25, 0.3) is 0 Å². The molecule has 0 atom stereocenters. The number of hydrogen-bond acceptors (Lipinski definition) is 2. The quantitative estimate of drug-likeness (QED) is 0.799. The fourth-order valence-corrected chi connectivity index (χ4v) is 2.54. The second-order valence-electron chi connectivity index (χ2n) is 6.03. The van der Waals surface area contributed by atoms with Gasteiger partial charge in [-0.25, -0.2) is 0 Å². The molecular weight excluding hydrogens is 284 g/mol. The molecule has 0 saturated carbocycles. The number of nitrogens with one attached hydrogen (secondary N) is 2. The summed E-state index contributed by atoms with van der Waals surface area (Å²) in [5.74, 6) is 0.0771. The Morgan fingerprint density at radius 3 is 2.39 bits per heavy atom. The first-order valence-corrected chi connectivity index (χ1v) is 8.24. The molecule has 0 fully saturated rings. The number of hydrogen-bond donors (Lipinski definition) is 2. The van der Waals surface area contributed by atoms with Gasteiger partial charge in [0.1, 0.15) is 0 Å². The highest BCUT2D eigenvalue weighted by molar-refractivity contribution is 5.90. The Morgan fingerprint density at radius 2 is 1.74 bits per heavy atom. The molecule has 0 radical (unpaired) electrons. The maximum absolute atomic E-state index is 11.6. The summed E-state index contributed by atoms with van der Waals surface area (Å²) in [6.45, 7) is 7.95. The zero-order valence-electron chi connectivity index (χ0n) is 14.3. The average molecular weight is 310 g/mol. The first-order chi connectivity index (χ1) is 11.1. The summed E-state index contributed by atoms with van der Waals surface area (Å²) in [6, 6.07) is 14.6. The van der Waals surface area contributed by atoms with Crippen LogP contribution in [0.2, 0.25) is 0 Å². The predicted octanol–water partition coefficient (Wildman–Crippen LogP) is 4.33. The average Bonchev–Trinajstić information content (AvgIpc) is 2.51. The molecule has 2 rings (SSSR count). The molecule has 2 N–H and O–H groups in total. The second-order valence-corrected chi connectivity index (χ2v) is 6.03. The number of anilines is 1. The Kier molecular flexibility index (Phi) is 6.36. The fraction of sp³-hybridized carbons (Fsp3) is 0.350. The molecule has 0 heterocycles. The van der Waals surface area contributed by atoms with E-state index in [2.05, 4.69) is 54.8 Å². The van der Waals surface area contributed by atoms with Crippen LogP contribution in [0.15, 0.2) is 42.5 Å². The molecule has 0 saturated heterocycles. The van der Waals surface area contributed by atoms with Crippen LogP contribution in [-0.2, 0) is 17.9 Å². The summed E-state index contributed by atoms with van der Waals surface area (Å²) in [6.07, 6.45) is 1.44. The lowest BCUT2D eigenvalue weighted by atomic mass is 10.1. The fourth-order valence-electron chi connectivity index (χ4n) is 2.54. The van der Waals surface area contributed by atoms with Crippen molar-refractivity contribution in [2.45, 2.75) is 46.7 Å². The van der Waals surface area contributed by atoms with Gasteiger partial charge in [-0.05, 0) is 49.1 Å². The maximum atomic E-state index is 11.6. The number of carbonyl (C=O) groups is 1. The minimum Gasteiger partial charge on any atom is -0.326 e. The van der Waals surface area contributed by atoms with E-state index in [0.29, 0.717) is 6.42 Å². The third-order valence-corrected chi connectivity index (χ3v) is 3.86. The van der Waals surface area contributed by atoms with Crippen molar-refractivity contribution in [1.82, 2.24) is 5.32 Å². The maximum Gasteiger partial charge on any atom is 0.224 e. The van der Waals surface area contributed by atoms with E-state index < -0.39 is 0 Å². The summed E-state index contributed by atoms with van der Waals surface area (Å²) in [7, 11) is 0. The van der Waals surface area contributed by atoms with Crippen LogP contribution in [0.4, 0.5) is 5.69 Å². The van der Waals surface area contributed by atoms with E-state index >= 15 is 0 Å². The topological polar surface area (TPSA) is 41.1 Å². The Balaban J connectivity index is 1.83. The summed E-state index contributed by atoms with van der Waals surface area (Å²) in [5.41, 5.74) is 6.03. The third kappa shape index (κ3) is 5.53. The van der Waals surface area contributed by atoms with Gasteiger partial charge < -0.3 is 10.6 Å². The molecule has 3 nitrogen and oxygen atoms in total. The van der Waals surface area contributed by atoms with Crippen LogP contribution in [-0.4, -0.2) is 5.91 Å². The summed E-state index contributed by atoms with van der Waals surface area (Å²) >= 11 is 0. The Bertz CT molecular complexity index is 647. The Morgan fingerprint density at radius 1 is 1.00 bits per heavy atom. The minimum absolute atomic E-state index is 0.0771. The first kappa shape index (κ1) is 17.2. The van der Waals surface area contributed by atoms with Crippen LogP contribution in [0.1, 0.15) is 42.0 Å². The van der Waals surface area contributed by atoms with Gasteiger partial charge in [-0.2, -0.15) is 0 Å². The van der Waals surface area contributed by atoms with Gasteiger partial charge in [-0.1, -0.05) is 42.8 Å². The third-order valence-electron chi connectivity index (χ3n) is 3.86. The molecule has 0 spiro atoms. The van der Waals surface area contributed by atoms with Crippen molar-refractivity contribution in [3.05, 3.63) is 64.7 Å². The molecule has 0 bridgehead atoms. The molecule has 1 amide bonds. The Labute approximate surface area is 139 Å². The molecule has 0 aliphatic heterocycles. The number of aryl methyl sites for hydroxylation is 2. The molecule has 0 unspecified atom stereocenters. The largest absolute Gasteiger partial charge is 0.326 e. The van der Waals surface area contributed by atoms with Crippen LogP contribution in [0.3, 0.4) is 0 Å². The molecule has 23 heavy (non-hydrogen) atoms. The highest BCUT2D eigenvalue weighted by atomic mass is 16.1. The summed E-state index contributed by atoms with van der Waals surface area (Å²) in [5, 5.41) is 6.38. The van der Waals surface area contributed by atoms with Crippen molar-refractivity contribution >= 4 is 11.6 Å². The zero-order chi connectivity index (χ0) is 16.7. The van der Waals surface area contributed by atoms with E-state index in [1.807, 2.05) is 19.1 Å². The molecule has 0 aromatic heterocycles. The van der Waals surface area contributed by atoms with E-state index in [1.54, 1.807) is 0 Å². The van der Waals surface area contributed by atoms with Gasteiger partial charge in [0.2, 0.25) is 5.91 Å². The highest BCUT2D eigenvalue weighted by Gasteiger charge is 2.01. The van der Waals surface area contributed by atoms with Gasteiger partial charge in [0, 0.05) is 25.2 Å². The van der Waals surface area contributed by atoms with Crippen molar-refractivity contribution in [3.63, 3.8) is 0 Å². The van der Waals surface area contributed by atoms with Crippen molar-refractivity contribution in [2.75, 3.05) is 5.32 Å². The monoisotopic (exact) mass is 310 g/mol. The van der Waals surface area contributed by atoms with E-state index in [9.17, 15) is 4.79 Å². The standard InChI is InChI=1S/C20H26N2O/c1-4-5-20(23)22-19-10-7-17(8-11-19)13-21-14-18-9-6-15(2)12-16(18)3/h6-12,21H,4-5,13-14H2,1-3H3,(H,22,23). The second kappa shape index (κ2) is 8.49. The van der Waals surface area contributed by atoms with E-state index in [4.69, 9.17) is 0 Å². The molecular formula is C20H26N2O. The SMILES string of the molecule is CCCC(=O)Nc1ccc(CNCc2ccc(C)cc2C)cc1. The van der Waals surface area contributed by atoms with Crippen LogP contribution < -0.4 is 10.6 Å². The van der Waals surface area contributed by atoms with E-state index in [1.165, 1.54) is 22.3 Å². The van der Waals surface area contributed by atoms with Gasteiger partial charge in [-0.15, -0.1) is 0 Å². The van der Waals surface area contributed by atoms with Crippen LogP contribution >= 0.6 is 0 Å². The van der Waals surface area contributed by atoms with Crippen LogP contribution in [0.5, 0.6) is 0 Å². The van der Waals surface area contributed by atoms with Crippen LogP contribution in [0, 0.1) is 13.8 Å². The van der Waals surface area contributed by atoms with Gasteiger partial charge in [0.05, 0.1) is 0 Å². The first-order valence-electron chi connectivity index (χ1n) is 8.24. The zero-order valence-corrected chi connectivity index (χ0v) is 14.3.